The van der Waals surface area contributed by atoms with Gasteiger partial charge in [0.15, 0.2) is 5.78 Å². The van der Waals surface area contributed by atoms with Gasteiger partial charge in [0.25, 0.3) is 5.91 Å². The average Bonchev–Trinajstić information content (AvgIpc) is 2.98. The normalized spacial score (nSPS) is 12.1. The number of aliphatic hydroxyl groups excluding tert-OH is 1. The molecule has 2 amide bonds. The Bertz CT molecular complexity index is 1510. The molecule has 0 aromatic heterocycles. The highest BCUT2D eigenvalue weighted by Crippen LogP contribution is 2.36. The number of halogens is 6. The molecule has 0 radical (unpaired) electrons. The molecule has 232 valence electrons. The second kappa shape index (κ2) is 14.7. The van der Waals surface area contributed by atoms with E-state index in [0.717, 1.165) is 0 Å². The van der Waals surface area contributed by atoms with Crippen molar-refractivity contribution in [3.8, 4) is 11.8 Å². The predicted octanol–water partition coefficient (Wildman–Crippen LogP) is 4.70. The molecule has 0 unspecified atom stereocenters. The van der Waals surface area contributed by atoms with Crippen molar-refractivity contribution >= 4 is 23.3 Å². The lowest BCUT2D eigenvalue weighted by Gasteiger charge is -2.14. The molecule has 0 heterocycles. The number of ketones is 1. The molecule has 1 atom stereocenters. The third-order valence-electron chi connectivity index (χ3n) is 6.27. The number of amides is 2. The highest BCUT2D eigenvalue weighted by Gasteiger charge is 2.36. The summed E-state index contributed by atoms with van der Waals surface area (Å²) in [5.41, 5.74) is 4.36. The van der Waals surface area contributed by atoms with Crippen molar-refractivity contribution in [2.24, 2.45) is 5.73 Å². The number of aryl methyl sites for hydroxylation is 1. The molecule has 0 aliphatic carbocycles. The van der Waals surface area contributed by atoms with Gasteiger partial charge in [0, 0.05) is 35.3 Å². The Labute approximate surface area is 248 Å². The summed E-state index contributed by atoms with van der Waals surface area (Å²) in [4.78, 5) is 36.2. The second-order valence-corrected chi connectivity index (χ2v) is 9.61. The van der Waals surface area contributed by atoms with Gasteiger partial charge in [0.1, 0.15) is 12.6 Å². The Hall–Kier alpha value is -4.67. The molecule has 13 heteroatoms. The van der Waals surface area contributed by atoms with Gasteiger partial charge < -0.3 is 21.5 Å². The quantitative estimate of drug-likeness (QED) is 0.194. The van der Waals surface area contributed by atoms with Crippen molar-refractivity contribution in [3.05, 3.63) is 100 Å². The molecule has 44 heavy (non-hydrogen) atoms. The average molecular weight is 620 g/mol. The first kappa shape index (κ1) is 33.8. The van der Waals surface area contributed by atoms with Gasteiger partial charge >= 0.3 is 12.4 Å². The minimum Gasteiger partial charge on any atom is -0.388 e. The first-order valence-electron chi connectivity index (χ1n) is 13.1. The lowest BCUT2D eigenvalue weighted by molar-refractivity contribution is -0.143. The molecule has 3 aromatic rings. The zero-order valence-electron chi connectivity index (χ0n) is 23.0. The Morgan fingerprint density at radius 3 is 1.82 bits per heavy atom. The minimum absolute atomic E-state index is 0.0306. The number of aliphatic hydroxyl groups is 1. The summed E-state index contributed by atoms with van der Waals surface area (Å²) in [6, 6.07) is 13.0. The van der Waals surface area contributed by atoms with Gasteiger partial charge in [0.05, 0.1) is 11.1 Å². The minimum atomic E-state index is -4.94. The number of nitrogens with two attached hydrogens (primary N) is 1. The van der Waals surface area contributed by atoms with Crippen LogP contribution in [0.1, 0.15) is 51.0 Å². The Morgan fingerprint density at radius 2 is 1.34 bits per heavy atom. The molecule has 0 saturated heterocycles. The Kier molecular flexibility index (Phi) is 11.3. The van der Waals surface area contributed by atoms with Crippen molar-refractivity contribution in [1.29, 1.82) is 0 Å². The third kappa shape index (κ3) is 9.96. The van der Waals surface area contributed by atoms with Crippen LogP contribution in [0.4, 0.5) is 32.0 Å². The number of hydrogen-bond donors (Lipinski definition) is 4. The number of Topliss-reactive ketones (excluding diaryl/α,β-unsaturated/α-hetero) is 1. The molecular weight excluding hydrogens is 592 g/mol. The van der Waals surface area contributed by atoms with Crippen LogP contribution >= 0.6 is 0 Å². The first-order chi connectivity index (χ1) is 20.7. The molecule has 0 aliphatic heterocycles. The van der Waals surface area contributed by atoms with Crippen molar-refractivity contribution in [2.45, 2.75) is 37.7 Å². The molecule has 5 N–H and O–H groups in total. The van der Waals surface area contributed by atoms with Gasteiger partial charge in [-0.2, -0.15) is 26.3 Å². The smallest absolute Gasteiger partial charge is 0.388 e. The zero-order valence-corrected chi connectivity index (χ0v) is 23.0. The van der Waals surface area contributed by atoms with Gasteiger partial charge in [-0.1, -0.05) is 11.8 Å². The fourth-order valence-corrected chi connectivity index (χ4v) is 3.95. The van der Waals surface area contributed by atoms with Crippen LogP contribution in [0.15, 0.2) is 66.7 Å². The van der Waals surface area contributed by atoms with E-state index < -0.39 is 53.7 Å². The number of carbonyl (C=O) groups excluding carboxylic acids is 3. The number of carbonyl (C=O) groups is 3. The maximum Gasteiger partial charge on any atom is 0.416 e. The SMILES string of the molecule is NC[C@H](NC(=O)c1ccc(C#Cc2ccc(NC(=O)CCCc3cc(C(F)(F)F)cc(C(F)(F)F)c3)cc2)cc1)C(=O)CO. The van der Waals surface area contributed by atoms with Crippen LogP contribution in [-0.4, -0.2) is 41.9 Å². The summed E-state index contributed by atoms with van der Waals surface area (Å²) in [5.74, 6) is 4.24. The van der Waals surface area contributed by atoms with Crippen molar-refractivity contribution in [3.63, 3.8) is 0 Å². The molecule has 7 nitrogen and oxygen atoms in total. The number of hydrogen-bond acceptors (Lipinski definition) is 5. The van der Waals surface area contributed by atoms with E-state index in [1.54, 1.807) is 36.4 Å². The largest absolute Gasteiger partial charge is 0.416 e. The third-order valence-corrected chi connectivity index (χ3v) is 6.27. The van der Waals surface area contributed by atoms with E-state index in [2.05, 4.69) is 22.5 Å². The molecule has 3 rings (SSSR count). The van der Waals surface area contributed by atoms with Gasteiger partial charge in [0.2, 0.25) is 5.91 Å². The van der Waals surface area contributed by atoms with E-state index in [1.165, 1.54) is 12.1 Å². The van der Waals surface area contributed by atoms with E-state index in [9.17, 15) is 40.7 Å². The van der Waals surface area contributed by atoms with E-state index in [1.807, 2.05) is 0 Å². The number of rotatable bonds is 10. The highest BCUT2D eigenvalue weighted by molar-refractivity contribution is 5.98. The lowest BCUT2D eigenvalue weighted by Crippen LogP contribution is -2.46. The second-order valence-electron chi connectivity index (χ2n) is 9.61. The van der Waals surface area contributed by atoms with Crippen molar-refractivity contribution < 1.29 is 45.8 Å². The van der Waals surface area contributed by atoms with Crippen LogP contribution in [0, 0.1) is 11.8 Å². The lowest BCUT2D eigenvalue weighted by atomic mass is 10.0. The maximum atomic E-state index is 13.0. The van der Waals surface area contributed by atoms with Crippen LogP contribution in [-0.2, 0) is 28.4 Å². The first-order valence-corrected chi connectivity index (χ1v) is 13.1. The van der Waals surface area contributed by atoms with E-state index in [0.29, 0.717) is 28.9 Å². The van der Waals surface area contributed by atoms with Gasteiger partial charge in [-0.3, -0.25) is 14.4 Å². The summed E-state index contributed by atoms with van der Waals surface area (Å²) in [5, 5.41) is 14.0. The predicted molar refractivity (Wildman–Crippen MR) is 149 cm³/mol. The molecule has 0 spiro atoms. The molecule has 0 bridgehead atoms. The summed E-state index contributed by atoms with van der Waals surface area (Å²) < 4.78 is 78.2. The summed E-state index contributed by atoms with van der Waals surface area (Å²) in [7, 11) is 0. The van der Waals surface area contributed by atoms with Crippen LogP contribution in [0.3, 0.4) is 0 Å². The fourth-order valence-electron chi connectivity index (χ4n) is 3.95. The van der Waals surface area contributed by atoms with Crippen LogP contribution in [0.5, 0.6) is 0 Å². The van der Waals surface area contributed by atoms with E-state index in [4.69, 9.17) is 10.8 Å². The van der Waals surface area contributed by atoms with E-state index in [-0.39, 0.29) is 43.0 Å². The summed E-state index contributed by atoms with van der Waals surface area (Å²) in [6.45, 7) is -0.899. The maximum absolute atomic E-state index is 13.0. The van der Waals surface area contributed by atoms with Gasteiger partial charge in [-0.15, -0.1) is 0 Å². The van der Waals surface area contributed by atoms with Crippen LogP contribution in [0.2, 0.25) is 0 Å². The number of benzene rings is 3. The number of alkyl halides is 6. The van der Waals surface area contributed by atoms with Crippen molar-refractivity contribution in [1.82, 2.24) is 5.32 Å². The Morgan fingerprint density at radius 1 is 0.818 bits per heavy atom. The molecule has 0 saturated carbocycles. The molecule has 3 aromatic carbocycles. The van der Waals surface area contributed by atoms with Crippen LogP contribution in [0.25, 0.3) is 0 Å². The standard InChI is InChI=1S/C31H27F6N3O4/c32-30(33,34)23-14-21(15-24(16-23)31(35,36)37)2-1-3-28(43)39-25-12-8-20(9-13-25)5-4-19-6-10-22(11-7-19)29(44)40-26(17-38)27(42)18-41/h6-16,26,41H,1-3,17-18,38H2,(H,39,43)(H,40,44)/t26-/m0/s1. The van der Waals surface area contributed by atoms with E-state index >= 15 is 0 Å². The molecule has 0 fully saturated rings. The summed E-state index contributed by atoms with van der Waals surface area (Å²) in [6.07, 6.45) is -10.1. The highest BCUT2D eigenvalue weighted by atomic mass is 19.4. The van der Waals surface area contributed by atoms with Gasteiger partial charge in [-0.05, 0) is 85.1 Å². The van der Waals surface area contributed by atoms with Crippen molar-refractivity contribution in [2.75, 3.05) is 18.5 Å². The van der Waals surface area contributed by atoms with Crippen LogP contribution < -0.4 is 16.4 Å². The molecule has 0 aliphatic rings. The monoisotopic (exact) mass is 619 g/mol. The Balaban J connectivity index is 1.53. The zero-order chi connectivity index (χ0) is 32.5. The number of nitrogens with one attached hydrogen (secondary N) is 2. The molecular formula is C31H27F6N3O4. The van der Waals surface area contributed by atoms with Gasteiger partial charge in [-0.25, -0.2) is 0 Å². The topological polar surface area (TPSA) is 122 Å². The number of anilines is 1. The fraction of sp³-hybridized carbons (Fsp3) is 0.258. The summed E-state index contributed by atoms with van der Waals surface area (Å²) >= 11 is 0.